The number of anilines is 1. The molecular formula is C13H17N3O2. The first kappa shape index (κ1) is 12.4. The van der Waals surface area contributed by atoms with Crippen molar-refractivity contribution in [1.82, 2.24) is 4.90 Å². The smallest absolute Gasteiger partial charge is 0.255 e. The van der Waals surface area contributed by atoms with Gasteiger partial charge in [0.05, 0.1) is 11.5 Å². The van der Waals surface area contributed by atoms with Gasteiger partial charge in [-0.15, -0.1) is 0 Å². The van der Waals surface area contributed by atoms with Crippen LogP contribution >= 0.6 is 0 Å². The lowest BCUT2D eigenvalue weighted by Gasteiger charge is -2.17. The average molecular weight is 247 g/mol. The number of rotatable bonds is 2. The monoisotopic (exact) mass is 247 g/mol. The number of likely N-dealkylation sites (tertiary alicyclic amines) is 1. The molecule has 2 amide bonds. The van der Waals surface area contributed by atoms with Crippen molar-refractivity contribution in [2.24, 2.45) is 11.7 Å². The van der Waals surface area contributed by atoms with E-state index >= 15 is 0 Å². The van der Waals surface area contributed by atoms with E-state index in [9.17, 15) is 9.59 Å². The number of carbonyl (C=O) groups is 2. The third kappa shape index (κ3) is 2.30. The van der Waals surface area contributed by atoms with Crippen LogP contribution in [0.25, 0.3) is 0 Å². The van der Waals surface area contributed by atoms with Crippen molar-refractivity contribution in [3.05, 3.63) is 29.3 Å². The second-order valence-electron chi connectivity index (χ2n) is 4.73. The number of primary amides is 1. The summed E-state index contributed by atoms with van der Waals surface area (Å²) in [6.07, 6.45) is 0.632. The quantitative estimate of drug-likeness (QED) is 0.747. The number of carbonyl (C=O) groups excluding carboxylic acids is 2. The fourth-order valence-corrected chi connectivity index (χ4v) is 2.20. The number of nitrogens with zero attached hydrogens (tertiary/aromatic N) is 1. The van der Waals surface area contributed by atoms with Crippen molar-refractivity contribution in [3.63, 3.8) is 0 Å². The molecule has 0 aromatic heterocycles. The number of aryl methyl sites for hydroxylation is 1. The summed E-state index contributed by atoms with van der Waals surface area (Å²) in [7, 11) is 0. The number of benzene rings is 1. The molecule has 0 saturated carbocycles. The highest BCUT2D eigenvalue weighted by molar-refractivity contribution is 5.99. The van der Waals surface area contributed by atoms with E-state index in [1.165, 1.54) is 0 Å². The summed E-state index contributed by atoms with van der Waals surface area (Å²) >= 11 is 0. The molecule has 1 aliphatic heterocycles. The molecule has 1 unspecified atom stereocenters. The largest absolute Gasteiger partial charge is 0.398 e. The van der Waals surface area contributed by atoms with E-state index in [0.717, 1.165) is 5.56 Å². The number of amides is 2. The molecule has 0 spiro atoms. The maximum Gasteiger partial charge on any atom is 0.255 e. The van der Waals surface area contributed by atoms with Crippen LogP contribution in [0.3, 0.4) is 0 Å². The van der Waals surface area contributed by atoms with Gasteiger partial charge in [-0.3, -0.25) is 9.59 Å². The fourth-order valence-electron chi connectivity index (χ4n) is 2.20. The van der Waals surface area contributed by atoms with Gasteiger partial charge < -0.3 is 16.4 Å². The van der Waals surface area contributed by atoms with Gasteiger partial charge in [0.1, 0.15) is 0 Å². The van der Waals surface area contributed by atoms with Crippen molar-refractivity contribution >= 4 is 17.5 Å². The highest BCUT2D eigenvalue weighted by Crippen LogP contribution is 2.21. The Bertz CT molecular complexity index is 499. The Morgan fingerprint density at radius 3 is 2.72 bits per heavy atom. The lowest BCUT2D eigenvalue weighted by atomic mass is 10.1. The van der Waals surface area contributed by atoms with Gasteiger partial charge in [0.15, 0.2) is 0 Å². The maximum atomic E-state index is 12.3. The van der Waals surface area contributed by atoms with Gasteiger partial charge in [-0.25, -0.2) is 0 Å². The zero-order chi connectivity index (χ0) is 13.3. The summed E-state index contributed by atoms with van der Waals surface area (Å²) in [5, 5.41) is 0. The molecule has 4 N–H and O–H groups in total. The van der Waals surface area contributed by atoms with Crippen LogP contribution in [0.1, 0.15) is 22.3 Å². The molecule has 1 fully saturated rings. The molecule has 18 heavy (non-hydrogen) atoms. The molecule has 1 aromatic rings. The zero-order valence-electron chi connectivity index (χ0n) is 10.3. The number of hydrogen-bond acceptors (Lipinski definition) is 3. The Morgan fingerprint density at radius 1 is 1.39 bits per heavy atom. The van der Waals surface area contributed by atoms with Crippen LogP contribution in [-0.4, -0.2) is 29.8 Å². The summed E-state index contributed by atoms with van der Waals surface area (Å²) in [4.78, 5) is 25.0. The van der Waals surface area contributed by atoms with Crippen molar-refractivity contribution in [2.45, 2.75) is 13.3 Å². The third-order valence-corrected chi connectivity index (χ3v) is 3.32. The Hall–Kier alpha value is -2.04. The van der Waals surface area contributed by atoms with E-state index in [4.69, 9.17) is 11.5 Å². The molecule has 1 heterocycles. The normalized spacial score (nSPS) is 18.9. The Kier molecular flexibility index (Phi) is 3.23. The minimum absolute atomic E-state index is 0.125. The average Bonchev–Trinajstić information content (AvgIpc) is 2.81. The van der Waals surface area contributed by atoms with Crippen LogP contribution < -0.4 is 11.5 Å². The first-order valence-electron chi connectivity index (χ1n) is 5.93. The fraction of sp³-hybridized carbons (Fsp3) is 0.385. The van der Waals surface area contributed by atoms with Gasteiger partial charge in [-0.1, -0.05) is 11.6 Å². The summed E-state index contributed by atoms with van der Waals surface area (Å²) in [5.74, 6) is -0.706. The first-order valence-corrected chi connectivity index (χ1v) is 5.93. The van der Waals surface area contributed by atoms with Crippen LogP contribution in [-0.2, 0) is 4.79 Å². The van der Waals surface area contributed by atoms with Gasteiger partial charge in [0.25, 0.3) is 5.91 Å². The van der Waals surface area contributed by atoms with Gasteiger partial charge in [-0.2, -0.15) is 0 Å². The minimum Gasteiger partial charge on any atom is -0.398 e. The standard InChI is InChI=1S/C13H17N3O2/c1-8-2-3-11(14)10(6-8)13(18)16-5-4-9(7-16)12(15)17/h2-3,6,9H,4-5,7,14H2,1H3,(H2,15,17). The lowest BCUT2D eigenvalue weighted by molar-refractivity contribution is -0.121. The molecule has 0 bridgehead atoms. The second-order valence-corrected chi connectivity index (χ2v) is 4.73. The maximum absolute atomic E-state index is 12.3. The molecule has 2 rings (SSSR count). The predicted octanol–water partition coefficient (Wildman–Crippen LogP) is 0.525. The molecular weight excluding hydrogens is 230 g/mol. The van der Waals surface area contributed by atoms with E-state index in [2.05, 4.69) is 0 Å². The Labute approximate surface area is 106 Å². The predicted molar refractivity (Wildman–Crippen MR) is 68.8 cm³/mol. The molecule has 0 radical (unpaired) electrons. The molecule has 0 aliphatic carbocycles. The van der Waals surface area contributed by atoms with Gasteiger partial charge >= 0.3 is 0 Å². The molecule has 5 nitrogen and oxygen atoms in total. The Morgan fingerprint density at radius 2 is 2.11 bits per heavy atom. The summed E-state index contributed by atoms with van der Waals surface area (Å²) in [6.45, 7) is 2.85. The summed E-state index contributed by atoms with van der Waals surface area (Å²) < 4.78 is 0. The Balaban J connectivity index is 2.17. The molecule has 1 atom stereocenters. The van der Waals surface area contributed by atoms with Crippen molar-refractivity contribution in [2.75, 3.05) is 18.8 Å². The number of hydrogen-bond donors (Lipinski definition) is 2. The van der Waals surface area contributed by atoms with Crippen molar-refractivity contribution < 1.29 is 9.59 Å². The van der Waals surface area contributed by atoms with E-state index in [1.54, 1.807) is 17.0 Å². The van der Waals surface area contributed by atoms with E-state index in [-0.39, 0.29) is 17.7 Å². The summed E-state index contributed by atoms with van der Waals surface area (Å²) in [5.41, 5.74) is 13.0. The topological polar surface area (TPSA) is 89.4 Å². The van der Waals surface area contributed by atoms with Crippen molar-refractivity contribution in [3.8, 4) is 0 Å². The third-order valence-electron chi connectivity index (χ3n) is 3.32. The van der Waals surface area contributed by atoms with Crippen molar-refractivity contribution in [1.29, 1.82) is 0 Å². The molecule has 5 heteroatoms. The lowest BCUT2D eigenvalue weighted by Crippen LogP contribution is -2.32. The first-order chi connectivity index (χ1) is 8.49. The molecule has 96 valence electrons. The van der Waals surface area contributed by atoms with Gasteiger partial charge in [0, 0.05) is 18.8 Å². The second kappa shape index (κ2) is 4.68. The minimum atomic E-state index is -0.345. The number of nitrogen functional groups attached to an aromatic ring is 1. The SMILES string of the molecule is Cc1ccc(N)c(C(=O)N2CCC(C(N)=O)C2)c1. The van der Waals surface area contributed by atoms with Crippen LogP contribution in [0.2, 0.25) is 0 Å². The van der Waals surface area contributed by atoms with E-state index < -0.39 is 0 Å². The van der Waals surface area contributed by atoms with Crippen LogP contribution in [0.5, 0.6) is 0 Å². The molecule has 1 aliphatic rings. The molecule has 1 aromatic carbocycles. The van der Waals surface area contributed by atoms with E-state index in [0.29, 0.717) is 30.8 Å². The zero-order valence-corrected chi connectivity index (χ0v) is 10.3. The van der Waals surface area contributed by atoms with Crippen LogP contribution in [0.4, 0.5) is 5.69 Å². The van der Waals surface area contributed by atoms with Crippen LogP contribution in [0.15, 0.2) is 18.2 Å². The summed E-state index contributed by atoms with van der Waals surface area (Å²) in [6, 6.07) is 5.36. The number of nitrogens with two attached hydrogens (primary N) is 2. The van der Waals surface area contributed by atoms with Gasteiger partial charge in [-0.05, 0) is 25.5 Å². The highest BCUT2D eigenvalue weighted by Gasteiger charge is 2.30. The van der Waals surface area contributed by atoms with Crippen LogP contribution in [0, 0.1) is 12.8 Å². The molecule has 1 saturated heterocycles. The highest BCUT2D eigenvalue weighted by atomic mass is 16.2. The van der Waals surface area contributed by atoms with Gasteiger partial charge in [0.2, 0.25) is 5.91 Å². The van der Waals surface area contributed by atoms with E-state index in [1.807, 2.05) is 13.0 Å².